The fourth-order valence-electron chi connectivity index (χ4n) is 3.32. The van der Waals surface area contributed by atoms with Crippen LogP contribution < -0.4 is 0 Å². The lowest BCUT2D eigenvalue weighted by atomic mass is 9.95. The highest BCUT2D eigenvalue weighted by Gasteiger charge is 2.27. The molecule has 0 aliphatic carbocycles. The topological polar surface area (TPSA) is 80.5 Å². The molecule has 0 aromatic carbocycles. The number of rotatable bonds is 3. The van der Waals surface area contributed by atoms with Gasteiger partial charge in [0.25, 0.3) is 0 Å². The van der Waals surface area contributed by atoms with Crippen LogP contribution in [0.1, 0.15) is 24.5 Å². The number of sulfonamides is 1. The standard InChI is InChI=1S/C17H19N5O2S/c1-25(23,24)21-8-2-4-14(12-21)15-6-5-13(10-19-15)16-11-20-17-18-7-3-9-22(16)17/h3,5-7,9-11,14H,2,4,8,12H2,1H3/t14-/m0/s1. The van der Waals surface area contributed by atoms with E-state index in [0.717, 1.165) is 29.8 Å². The molecule has 7 nitrogen and oxygen atoms in total. The predicted molar refractivity (Wildman–Crippen MR) is 94.6 cm³/mol. The summed E-state index contributed by atoms with van der Waals surface area (Å²) < 4.78 is 27.0. The van der Waals surface area contributed by atoms with Gasteiger partial charge in [-0.05, 0) is 31.0 Å². The highest BCUT2D eigenvalue weighted by atomic mass is 32.2. The van der Waals surface area contributed by atoms with E-state index < -0.39 is 10.0 Å². The van der Waals surface area contributed by atoms with E-state index in [1.807, 2.05) is 35.0 Å². The van der Waals surface area contributed by atoms with Gasteiger partial charge in [-0.25, -0.2) is 22.7 Å². The molecule has 0 unspecified atom stereocenters. The summed E-state index contributed by atoms with van der Waals surface area (Å²) >= 11 is 0. The minimum absolute atomic E-state index is 0.140. The fraction of sp³-hybridized carbons (Fsp3) is 0.353. The minimum atomic E-state index is -3.15. The maximum absolute atomic E-state index is 11.8. The van der Waals surface area contributed by atoms with Crippen molar-refractivity contribution in [3.05, 3.63) is 48.7 Å². The molecular weight excluding hydrogens is 338 g/mol. The maximum atomic E-state index is 11.8. The number of hydrogen-bond donors (Lipinski definition) is 0. The smallest absolute Gasteiger partial charge is 0.234 e. The summed E-state index contributed by atoms with van der Waals surface area (Å²) in [6.45, 7) is 1.10. The molecule has 1 fully saturated rings. The van der Waals surface area contributed by atoms with Crippen molar-refractivity contribution in [2.24, 2.45) is 0 Å². The Morgan fingerprint density at radius 2 is 2.04 bits per heavy atom. The Kier molecular flexibility index (Phi) is 4.01. The first-order valence-corrected chi connectivity index (χ1v) is 10.1. The average Bonchev–Trinajstić information content (AvgIpc) is 3.05. The first-order chi connectivity index (χ1) is 12.0. The molecule has 4 heterocycles. The van der Waals surface area contributed by atoms with Crippen LogP contribution in [0, 0.1) is 0 Å². The van der Waals surface area contributed by atoms with Crippen molar-refractivity contribution in [3.63, 3.8) is 0 Å². The molecule has 8 heteroatoms. The van der Waals surface area contributed by atoms with E-state index in [4.69, 9.17) is 0 Å². The number of pyridine rings is 1. The van der Waals surface area contributed by atoms with Crippen molar-refractivity contribution in [2.45, 2.75) is 18.8 Å². The first-order valence-electron chi connectivity index (χ1n) is 8.22. The molecule has 25 heavy (non-hydrogen) atoms. The normalized spacial score (nSPS) is 19.3. The molecule has 0 spiro atoms. The fourth-order valence-corrected chi connectivity index (χ4v) is 4.24. The summed E-state index contributed by atoms with van der Waals surface area (Å²) in [5.74, 6) is 0.791. The number of aromatic nitrogens is 4. The van der Waals surface area contributed by atoms with Gasteiger partial charge in [-0.2, -0.15) is 0 Å². The summed E-state index contributed by atoms with van der Waals surface area (Å²) in [6.07, 6.45) is 10.3. The third kappa shape index (κ3) is 3.14. The van der Waals surface area contributed by atoms with E-state index in [1.54, 1.807) is 16.7 Å². The zero-order valence-electron chi connectivity index (χ0n) is 13.9. The van der Waals surface area contributed by atoms with Gasteiger partial charge in [0.05, 0.1) is 18.1 Å². The van der Waals surface area contributed by atoms with Crippen molar-refractivity contribution >= 4 is 15.8 Å². The minimum Gasteiger partial charge on any atom is -0.284 e. The van der Waals surface area contributed by atoms with Crippen LogP contribution in [-0.4, -0.2) is 51.4 Å². The second-order valence-electron chi connectivity index (χ2n) is 6.37. The van der Waals surface area contributed by atoms with Gasteiger partial charge in [0.1, 0.15) is 0 Å². The number of piperidine rings is 1. The second-order valence-corrected chi connectivity index (χ2v) is 8.35. The molecule has 0 radical (unpaired) electrons. The van der Waals surface area contributed by atoms with Gasteiger partial charge in [0, 0.05) is 48.9 Å². The Morgan fingerprint density at radius 3 is 2.80 bits per heavy atom. The monoisotopic (exact) mass is 357 g/mol. The van der Waals surface area contributed by atoms with Crippen LogP contribution >= 0.6 is 0 Å². The Labute approximate surface area is 146 Å². The van der Waals surface area contributed by atoms with E-state index in [1.165, 1.54) is 6.26 Å². The van der Waals surface area contributed by atoms with E-state index in [0.29, 0.717) is 18.9 Å². The van der Waals surface area contributed by atoms with E-state index in [-0.39, 0.29) is 5.92 Å². The lowest BCUT2D eigenvalue weighted by molar-refractivity contribution is 0.314. The zero-order valence-corrected chi connectivity index (χ0v) is 14.7. The van der Waals surface area contributed by atoms with Crippen LogP contribution in [0.25, 0.3) is 17.0 Å². The average molecular weight is 357 g/mol. The van der Waals surface area contributed by atoms with Crippen molar-refractivity contribution < 1.29 is 8.42 Å². The quantitative estimate of drug-likeness (QED) is 0.715. The summed E-state index contributed by atoms with van der Waals surface area (Å²) in [4.78, 5) is 13.1. The lowest BCUT2D eigenvalue weighted by Crippen LogP contribution is -2.38. The molecule has 3 aromatic rings. The van der Waals surface area contributed by atoms with Crippen molar-refractivity contribution in [2.75, 3.05) is 19.3 Å². The van der Waals surface area contributed by atoms with Crippen LogP contribution in [0.4, 0.5) is 0 Å². The Morgan fingerprint density at radius 1 is 1.16 bits per heavy atom. The van der Waals surface area contributed by atoms with Gasteiger partial charge in [-0.3, -0.25) is 9.38 Å². The zero-order chi connectivity index (χ0) is 17.4. The molecule has 0 bridgehead atoms. The lowest BCUT2D eigenvalue weighted by Gasteiger charge is -2.30. The van der Waals surface area contributed by atoms with Gasteiger partial charge in [0.2, 0.25) is 15.8 Å². The molecule has 0 N–H and O–H groups in total. The first kappa shape index (κ1) is 16.2. The summed E-state index contributed by atoms with van der Waals surface area (Å²) in [7, 11) is -3.15. The summed E-state index contributed by atoms with van der Waals surface area (Å²) in [5, 5.41) is 0. The number of fused-ring (bicyclic) bond motifs is 1. The summed E-state index contributed by atoms with van der Waals surface area (Å²) in [5.41, 5.74) is 2.83. The SMILES string of the molecule is CS(=O)(=O)N1CCC[C@H](c2ccc(-c3cnc4ncccn34)cn2)C1. The van der Waals surface area contributed by atoms with E-state index in [2.05, 4.69) is 15.0 Å². The highest BCUT2D eigenvalue weighted by molar-refractivity contribution is 7.88. The molecule has 1 saturated heterocycles. The molecule has 0 amide bonds. The number of hydrogen-bond acceptors (Lipinski definition) is 5. The number of imidazole rings is 1. The Balaban J connectivity index is 1.60. The van der Waals surface area contributed by atoms with Crippen molar-refractivity contribution in [1.29, 1.82) is 0 Å². The van der Waals surface area contributed by atoms with Gasteiger partial charge in [-0.15, -0.1) is 0 Å². The Bertz CT molecular complexity index is 997. The van der Waals surface area contributed by atoms with Gasteiger partial charge < -0.3 is 0 Å². The molecular formula is C17H19N5O2S. The van der Waals surface area contributed by atoms with Crippen LogP contribution in [-0.2, 0) is 10.0 Å². The van der Waals surface area contributed by atoms with Crippen LogP contribution in [0.3, 0.4) is 0 Å². The molecule has 3 aromatic heterocycles. The molecule has 130 valence electrons. The van der Waals surface area contributed by atoms with Crippen molar-refractivity contribution in [1.82, 2.24) is 23.7 Å². The van der Waals surface area contributed by atoms with Crippen LogP contribution in [0.5, 0.6) is 0 Å². The van der Waals surface area contributed by atoms with E-state index in [9.17, 15) is 8.42 Å². The van der Waals surface area contributed by atoms with Crippen LogP contribution in [0.15, 0.2) is 43.0 Å². The Hall–Kier alpha value is -2.32. The molecule has 1 aliphatic heterocycles. The van der Waals surface area contributed by atoms with Gasteiger partial charge >= 0.3 is 0 Å². The largest absolute Gasteiger partial charge is 0.284 e. The van der Waals surface area contributed by atoms with Gasteiger partial charge in [0.15, 0.2) is 0 Å². The van der Waals surface area contributed by atoms with Crippen molar-refractivity contribution in [3.8, 4) is 11.3 Å². The third-order valence-electron chi connectivity index (χ3n) is 4.64. The van der Waals surface area contributed by atoms with E-state index >= 15 is 0 Å². The molecule has 0 saturated carbocycles. The molecule has 1 atom stereocenters. The molecule has 4 rings (SSSR count). The predicted octanol–water partition coefficient (Wildman–Crippen LogP) is 1.93. The molecule has 1 aliphatic rings. The number of nitrogens with zero attached hydrogens (tertiary/aromatic N) is 5. The van der Waals surface area contributed by atoms with Gasteiger partial charge in [-0.1, -0.05) is 0 Å². The van der Waals surface area contributed by atoms with Crippen LogP contribution in [0.2, 0.25) is 0 Å². The third-order valence-corrected chi connectivity index (χ3v) is 5.91. The highest BCUT2D eigenvalue weighted by Crippen LogP contribution is 2.28. The second kappa shape index (κ2) is 6.20. The summed E-state index contributed by atoms with van der Waals surface area (Å²) in [6, 6.07) is 5.86. The maximum Gasteiger partial charge on any atom is 0.234 e.